The number of rotatable bonds is 7. The van der Waals surface area contributed by atoms with E-state index in [2.05, 4.69) is 81.2 Å². The van der Waals surface area contributed by atoms with Crippen LogP contribution in [0.25, 0.3) is 0 Å². The summed E-state index contributed by atoms with van der Waals surface area (Å²) in [6.45, 7) is 12.5. The molecule has 1 aromatic carbocycles. The number of ether oxygens (including phenoxy) is 1. The van der Waals surface area contributed by atoms with Gasteiger partial charge in [0.25, 0.3) is 5.91 Å². The van der Waals surface area contributed by atoms with Crippen LogP contribution in [0.2, 0.25) is 0 Å². The molecule has 1 amide bonds. The van der Waals surface area contributed by atoms with Crippen molar-refractivity contribution in [1.82, 2.24) is 5.32 Å². The van der Waals surface area contributed by atoms with Gasteiger partial charge in [-0.05, 0) is 39.7 Å². The Balaban J connectivity index is 0.000000307. The van der Waals surface area contributed by atoms with E-state index >= 15 is 0 Å². The monoisotopic (exact) mass is 490 g/mol. The van der Waals surface area contributed by atoms with Crippen LogP contribution in [0.1, 0.15) is 58.9 Å². The van der Waals surface area contributed by atoms with Gasteiger partial charge in [-0.15, -0.1) is 0 Å². The fourth-order valence-corrected chi connectivity index (χ4v) is 4.43. The topological polar surface area (TPSA) is 50.7 Å². The smallest absolute Gasteiger partial charge is 0.250 e. The van der Waals surface area contributed by atoms with Gasteiger partial charge in [0, 0.05) is 45.2 Å². The summed E-state index contributed by atoms with van der Waals surface area (Å²) >= 11 is 1.80. The quantitative estimate of drug-likeness (QED) is 0.242. The summed E-state index contributed by atoms with van der Waals surface area (Å²) in [4.78, 5) is 18.6. The first-order chi connectivity index (χ1) is 16.9. The number of nitrogens with zero attached hydrogens (tertiary/aromatic N) is 1. The Bertz CT molecular complexity index is 1090. The Morgan fingerprint density at radius 2 is 1.91 bits per heavy atom. The predicted molar refractivity (Wildman–Crippen MR) is 151 cm³/mol. The van der Waals surface area contributed by atoms with Crippen molar-refractivity contribution in [2.24, 2.45) is 4.99 Å². The average molecular weight is 491 g/mol. The second-order valence-corrected chi connectivity index (χ2v) is 9.46. The standard InChI is InChI=1S/C20H21NOS.C10H17NO/c1-14-15(2)23-19-13-9-8-11-17(19)20(21-14)16-10-6-4-5-7-12-18(16)22-3;1-4-6-8-11-10(12)9(3)7-5-2/h4-9,11,13H,10,12H2,1-3H3;5,7H,3-4,6,8H2,1-2H3,(H,11,12)/b6-4?,7-5-,18-16-;7-5-. The summed E-state index contributed by atoms with van der Waals surface area (Å²) in [7, 11) is 1.75. The maximum Gasteiger partial charge on any atom is 0.250 e. The third-order valence-corrected chi connectivity index (χ3v) is 6.72. The minimum Gasteiger partial charge on any atom is -0.500 e. The second-order valence-electron chi connectivity index (χ2n) is 8.21. The molecular formula is C30H38N2O2S. The van der Waals surface area contributed by atoms with E-state index in [9.17, 15) is 4.79 Å². The minimum atomic E-state index is -0.0680. The van der Waals surface area contributed by atoms with Crippen molar-refractivity contribution in [3.05, 3.63) is 100 Å². The average Bonchev–Trinajstić information content (AvgIpc) is 2.96. The summed E-state index contributed by atoms with van der Waals surface area (Å²) in [5.41, 5.74) is 5.00. The number of benzene rings is 1. The van der Waals surface area contributed by atoms with Crippen molar-refractivity contribution < 1.29 is 9.53 Å². The summed E-state index contributed by atoms with van der Waals surface area (Å²) < 4.78 is 5.70. The number of methoxy groups -OCH3 is 1. The molecule has 0 aromatic heterocycles. The fraction of sp³-hybridized carbons (Fsp3) is 0.333. The molecule has 5 heteroatoms. The maximum atomic E-state index is 11.1. The van der Waals surface area contributed by atoms with Gasteiger partial charge in [-0.2, -0.15) is 0 Å². The molecule has 0 saturated carbocycles. The molecule has 0 spiro atoms. The Morgan fingerprint density at radius 3 is 2.60 bits per heavy atom. The first kappa shape index (κ1) is 28.2. The van der Waals surface area contributed by atoms with Crippen molar-refractivity contribution in [1.29, 1.82) is 0 Å². The number of nitrogens with one attached hydrogen (secondary N) is 1. The number of allylic oxidation sites excluding steroid dienone is 8. The molecule has 0 radical (unpaired) electrons. The van der Waals surface area contributed by atoms with Crippen LogP contribution in [0, 0.1) is 0 Å². The van der Waals surface area contributed by atoms with Crippen LogP contribution in [0.5, 0.6) is 0 Å². The molecule has 1 N–H and O–H groups in total. The van der Waals surface area contributed by atoms with E-state index < -0.39 is 0 Å². The highest BCUT2D eigenvalue weighted by Crippen LogP contribution is 2.37. The van der Waals surface area contributed by atoms with Crippen LogP contribution < -0.4 is 5.32 Å². The molecule has 4 nitrogen and oxygen atoms in total. The highest BCUT2D eigenvalue weighted by Gasteiger charge is 2.21. The molecule has 1 aromatic rings. The molecule has 3 rings (SSSR count). The molecule has 186 valence electrons. The van der Waals surface area contributed by atoms with Gasteiger partial charge >= 0.3 is 0 Å². The van der Waals surface area contributed by atoms with E-state index in [0.717, 1.165) is 49.4 Å². The number of hydrogen-bond donors (Lipinski definition) is 1. The lowest BCUT2D eigenvalue weighted by Gasteiger charge is -2.17. The Labute approximate surface area is 215 Å². The van der Waals surface area contributed by atoms with E-state index in [1.165, 1.54) is 20.9 Å². The molecule has 2 aliphatic rings. The molecule has 0 unspecified atom stereocenters. The summed E-state index contributed by atoms with van der Waals surface area (Å²) in [6, 6.07) is 8.50. The van der Waals surface area contributed by atoms with Crippen LogP contribution in [0.3, 0.4) is 0 Å². The zero-order valence-corrected chi connectivity index (χ0v) is 22.5. The van der Waals surface area contributed by atoms with Gasteiger partial charge < -0.3 is 10.1 Å². The van der Waals surface area contributed by atoms with Crippen molar-refractivity contribution >= 4 is 23.4 Å². The van der Waals surface area contributed by atoms with Crippen LogP contribution in [-0.2, 0) is 9.53 Å². The Morgan fingerprint density at radius 1 is 1.20 bits per heavy atom. The van der Waals surface area contributed by atoms with Gasteiger partial charge in [0.05, 0.1) is 12.8 Å². The third kappa shape index (κ3) is 8.59. The molecular weight excluding hydrogens is 452 g/mol. The van der Waals surface area contributed by atoms with Gasteiger partial charge in [0.1, 0.15) is 5.76 Å². The van der Waals surface area contributed by atoms with Gasteiger partial charge in [-0.25, -0.2) is 0 Å². The molecule has 35 heavy (non-hydrogen) atoms. The highest BCUT2D eigenvalue weighted by atomic mass is 32.2. The van der Waals surface area contributed by atoms with Crippen molar-refractivity contribution in [2.75, 3.05) is 13.7 Å². The minimum absolute atomic E-state index is 0.0680. The number of aliphatic imine (C=N–C) groups is 1. The molecule has 0 atom stereocenters. The zero-order chi connectivity index (χ0) is 25.6. The van der Waals surface area contributed by atoms with Crippen LogP contribution in [-0.4, -0.2) is 25.3 Å². The lowest BCUT2D eigenvalue weighted by molar-refractivity contribution is -0.117. The molecule has 1 aliphatic heterocycles. The van der Waals surface area contributed by atoms with Gasteiger partial charge in [0.2, 0.25) is 0 Å². The van der Waals surface area contributed by atoms with Crippen molar-refractivity contribution in [2.45, 2.75) is 58.3 Å². The molecule has 0 fully saturated rings. The second kappa shape index (κ2) is 15.0. The SMILES string of the molecule is C=C(/C=C\C)C(=O)NCCCC.CO/C1=C(\C2=NC(C)=C(C)Sc3ccccc32)CC=C/C=C\C1. The van der Waals surface area contributed by atoms with Crippen molar-refractivity contribution in [3.8, 4) is 0 Å². The summed E-state index contributed by atoms with van der Waals surface area (Å²) in [5, 5.41) is 2.78. The number of unbranched alkanes of at least 4 members (excludes halogenated alkanes) is 1. The summed E-state index contributed by atoms with van der Waals surface area (Å²) in [6.07, 6.45) is 15.7. The normalized spacial score (nSPS) is 18.4. The number of hydrogen-bond acceptors (Lipinski definition) is 4. The van der Waals surface area contributed by atoms with Gasteiger partial charge in [-0.1, -0.05) is 86.3 Å². The zero-order valence-electron chi connectivity index (χ0n) is 21.7. The molecule has 1 aliphatic carbocycles. The van der Waals surface area contributed by atoms with Crippen LogP contribution in [0.15, 0.2) is 105 Å². The highest BCUT2D eigenvalue weighted by molar-refractivity contribution is 8.03. The van der Waals surface area contributed by atoms with Crippen LogP contribution >= 0.6 is 11.8 Å². The van der Waals surface area contributed by atoms with Crippen molar-refractivity contribution in [3.63, 3.8) is 0 Å². The van der Waals surface area contributed by atoms with Crippen LogP contribution in [0.4, 0.5) is 0 Å². The summed E-state index contributed by atoms with van der Waals surface area (Å²) in [5.74, 6) is 0.929. The van der Waals surface area contributed by atoms with E-state index in [0.29, 0.717) is 5.57 Å². The predicted octanol–water partition coefficient (Wildman–Crippen LogP) is 7.67. The molecule has 0 bridgehead atoms. The Hall–Kier alpha value is -3.05. The number of carbonyl (C=O) groups excluding carboxylic acids is 1. The Kier molecular flexibility index (Phi) is 12.1. The molecule has 0 saturated heterocycles. The lowest BCUT2D eigenvalue weighted by atomic mass is 9.96. The largest absolute Gasteiger partial charge is 0.500 e. The third-order valence-electron chi connectivity index (χ3n) is 5.55. The van der Waals surface area contributed by atoms with E-state index in [1.54, 1.807) is 24.9 Å². The number of thioether (sulfide) groups is 1. The fourth-order valence-electron chi connectivity index (χ4n) is 3.49. The van der Waals surface area contributed by atoms with E-state index in [-0.39, 0.29) is 5.91 Å². The molecule has 1 heterocycles. The van der Waals surface area contributed by atoms with Gasteiger partial charge in [0.15, 0.2) is 0 Å². The van der Waals surface area contributed by atoms with E-state index in [4.69, 9.17) is 9.73 Å². The van der Waals surface area contributed by atoms with Gasteiger partial charge in [-0.3, -0.25) is 9.79 Å². The number of fused-ring (bicyclic) bond motifs is 1. The lowest BCUT2D eigenvalue weighted by Crippen LogP contribution is -2.24. The first-order valence-corrected chi connectivity index (χ1v) is 13.0. The number of amides is 1. The maximum absolute atomic E-state index is 11.1. The first-order valence-electron chi connectivity index (χ1n) is 12.1. The van der Waals surface area contributed by atoms with E-state index in [1.807, 2.05) is 13.0 Å². The number of carbonyl (C=O) groups is 1.